The SMILES string of the molecule is C1=CCC=c2c(c3cnccc3n2-c2ccccc2)=C1.CC.CC. The normalized spacial score (nSPS) is 11.7. The van der Waals surface area contributed by atoms with Gasteiger partial charge < -0.3 is 4.57 Å². The number of hydrogen-bond acceptors (Lipinski definition) is 1. The molecular formula is C22H26N2. The van der Waals surface area contributed by atoms with E-state index in [2.05, 4.69) is 64.2 Å². The van der Waals surface area contributed by atoms with Crippen molar-refractivity contribution in [1.29, 1.82) is 0 Å². The standard InChI is InChI=1S/C18H14N2.2C2H6/c1-3-7-14(8-4-1)20-17-10-6-2-5-9-15(17)16-13-19-12-11-18(16)20;2*1-2/h1-5,7-13H,6H2;2*1-2H3. The third kappa shape index (κ3) is 3.33. The Morgan fingerprint density at radius 2 is 1.71 bits per heavy atom. The molecule has 2 heterocycles. The Bertz CT molecular complexity index is 916. The highest BCUT2D eigenvalue weighted by molar-refractivity contribution is 5.83. The molecule has 0 atom stereocenters. The molecule has 2 nitrogen and oxygen atoms in total. The van der Waals surface area contributed by atoms with Gasteiger partial charge in [-0.3, -0.25) is 4.98 Å². The maximum absolute atomic E-state index is 4.29. The summed E-state index contributed by atoms with van der Waals surface area (Å²) in [5, 5.41) is 3.71. The van der Waals surface area contributed by atoms with Gasteiger partial charge in [-0.05, 0) is 24.6 Å². The van der Waals surface area contributed by atoms with Crippen LogP contribution in [0.1, 0.15) is 34.1 Å². The van der Waals surface area contributed by atoms with Crippen LogP contribution in [0.25, 0.3) is 28.7 Å². The summed E-state index contributed by atoms with van der Waals surface area (Å²) in [5.41, 5.74) is 2.40. The molecule has 2 aromatic heterocycles. The summed E-state index contributed by atoms with van der Waals surface area (Å²) in [6.07, 6.45) is 13.5. The molecule has 0 N–H and O–H groups in total. The summed E-state index contributed by atoms with van der Waals surface area (Å²) in [7, 11) is 0. The number of aromatic nitrogens is 2. The lowest BCUT2D eigenvalue weighted by Crippen LogP contribution is -2.27. The second-order valence-electron chi connectivity index (χ2n) is 4.90. The van der Waals surface area contributed by atoms with Gasteiger partial charge in [0.25, 0.3) is 0 Å². The fraction of sp³-hybridized carbons (Fsp3) is 0.227. The summed E-state index contributed by atoms with van der Waals surface area (Å²) in [5.74, 6) is 0. The first kappa shape index (κ1) is 17.7. The van der Waals surface area contributed by atoms with Gasteiger partial charge in [0.1, 0.15) is 0 Å². The maximum atomic E-state index is 4.29. The van der Waals surface area contributed by atoms with E-state index in [1.807, 2.05) is 46.2 Å². The number of fused-ring (bicyclic) bond motifs is 3. The van der Waals surface area contributed by atoms with E-state index < -0.39 is 0 Å². The van der Waals surface area contributed by atoms with E-state index in [9.17, 15) is 0 Å². The fourth-order valence-electron chi connectivity index (χ4n) is 2.83. The molecule has 3 aromatic rings. The largest absolute Gasteiger partial charge is 0.309 e. The number of hydrogen-bond donors (Lipinski definition) is 0. The predicted molar refractivity (Wildman–Crippen MR) is 106 cm³/mol. The Kier molecular flexibility index (Phi) is 6.56. The van der Waals surface area contributed by atoms with Crippen LogP contribution in [-0.4, -0.2) is 9.55 Å². The van der Waals surface area contributed by atoms with Crippen LogP contribution in [0.3, 0.4) is 0 Å². The number of para-hydroxylation sites is 1. The third-order valence-corrected chi connectivity index (χ3v) is 3.71. The maximum Gasteiger partial charge on any atom is 0.0571 e. The monoisotopic (exact) mass is 318 g/mol. The average molecular weight is 318 g/mol. The Labute approximate surface area is 144 Å². The highest BCUT2D eigenvalue weighted by Gasteiger charge is 2.09. The van der Waals surface area contributed by atoms with Gasteiger partial charge >= 0.3 is 0 Å². The highest BCUT2D eigenvalue weighted by Crippen LogP contribution is 2.14. The van der Waals surface area contributed by atoms with Crippen LogP contribution in [-0.2, 0) is 0 Å². The summed E-state index contributed by atoms with van der Waals surface area (Å²) in [4.78, 5) is 4.29. The molecule has 0 unspecified atom stereocenters. The number of allylic oxidation sites excluding steroid dienone is 2. The zero-order valence-electron chi connectivity index (χ0n) is 15.0. The number of rotatable bonds is 1. The smallest absolute Gasteiger partial charge is 0.0571 e. The van der Waals surface area contributed by atoms with Crippen molar-refractivity contribution in [1.82, 2.24) is 9.55 Å². The van der Waals surface area contributed by atoms with Crippen molar-refractivity contribution in [3.05, 3.63) is 71.5 Å². The van der Waals surface area contributed by atoms with Crippen molar-refractivity contribution < 1.29 is 0 Å². The molecule has 0 saturated carbocycles. The number of nitrogens with zero attached hydrogens (tertiary/aromatic N) is 2. The van der Waals surface area contributed by atoms with E-state index in [0.717, 1.165) is 6.42 Å². The van der Waals surface area contributed by atoms with Crippen molar-refractivity contribution in [2.45, 2.75) is 34.1 Å². The minimum absolute atomic E-state index is 0.958. The van der Waals surface area contributed by atoms with E-state index in [4.69, 9.17) is 0 Å². The quantitative estimate of drug-likeness (QED) is 0.641. The van der Waals surface area contributed by atoms with Crippen LogP contribution in [0.5, 0.6) is 0 Å². The van der Waals surface area contributed by atoms with Crippen LogP contribution >= 0.6 is 0 Å². The summed E-state index contributed by atoms with van der Waals surface area (Å²) < 4.78 is 2.32. The summed E-state index contributed by atoms with van der Waals surface area (Å²) in [6, 6.07) is 12.6. The van der Waals surface area contributed by atoms with Gasteiger partial charge in [-0.2, -0.15) is 0 Å². The predicted octanol–water partition coefficient (Wildman–Crippen LogP) is 4.60. The molecule has 0 spiro atoms. The van der Waals surface area contributed by atoms with E-state index in [1.54, 1.807) is 0 Å². The van der Waals surface area contributed by atoms with Crippen molar-refractivity contribution in [3.8, 4) is 5.69 Å². The lowest BCUT2D eigenvalue weighted by molar-refractivity contribution is 1.06. The minimum atomic E-state index is 0.958. The molecule has 24 heavy (non-hydrogen) atoms. The Morgan fingerprint density at radius 3 is 2.46 bits per heavy atom. The lowest BCUT2D eigenvalue weighted by atomic mass is 10.2. The molecule has 0 radical (unpaired) electrons. The molecule has 1 aliphatic rings. The van der Waals surface area contributed by atoms with Crippen LogP contribution in [0.4, 0.5) is 0 Å². The van der Waals surface area contributed by atoms with Crippen LogP contribution < -0.4 is 10.6 Å². The van der Waals surface area contributed by atoms with Gasteiger partial charge in [-0.25, -0.2) is 0 Å². The molecule has 124 valence electrons. The van der Waals surface area contributed by atoms with Gasteiger partial charge in [0.05, 0.1) is 10.9 Å². The van der Waals surface area contributed by atoms with Crippen molar-refractivity contribution >= 4 is 23.1 Å². The van der Waals surface area contributed by atoms with Gasteiger partial charge in [0.2, 0.25) is 0 Å². The van der Waals surface area contributed by atoms with Crippen molar-refractivity contribution in [2.24, 2.45) is 0 Å². The minimum Gasteiger partial charge on any atom is -0.309 e. The first-order valence-corrected chi connectivity index (χ1v) is 8.82. The Morgan fingerprint density at radius 1 is 0.958 bits per heavy atom. The van der Waals surface area contributed by atoms with Crippen LogP contribution in [0, 0.1) is 0 Å². The van der Waals surface area contributed by atoms with E-state index in [0.29, 0.717) is 0 Å². The molecule has 0 aliphatic heterocycles. The van der Waals surface area contributed by atoms with Crippen molar-refractivity contribution in [2.75, 3.05) is 0 Å². The molecule has 0 saturated heterocycles. The number of pyridine rings is 1. The molecule has 1 aliphatic carbocycles. The molecule has 4 rings (SSSR count). The van der Waals surface area contributed by atoms with Crippen molar-refractivity contribution in [3.63, 3.8) is 0 Å². The number of benzene rings is 1. The fourth-order valence-corrected chi connectivity index (χ4v) is 2.83. The molecule has 1 aromatic carbocycles. The first-order chi connectivity index (χ1) is 11.9. The highest BCUT2D eigenvalue weighted by atomic mass is 15.0. The second-order valence-corrected chi connectivity index (χ2v) is 4.90. The Balaban J connectivity index is 0.000000487. The average Bonchev–Trinajstić information content (AvgIpc) is 2.82. The van der Waals surface area contributed by atoms with E-state index in [-0.39, 0.29) is 0 Å². The topological polar surface area (TPSA) is 17.8 Å². The van der Waals surface area contributed by atoms with Gasteiger partial charge in [-0.15, -0.1) is 0 Å². The molecular weight excluding hydrogens is 292 g/mol. The summed E-state index contributed by atoms with van der Waals surface area (Å²) in [6.45, 7) is 8.00. The third-order valence-electron chi connectivity index (χ3n) is 3.71. The van der Waals surface area contributed by atoms with Gasteiger partial charge in [-0.1, -0.05) is 70.2 Å². The Hall–Kier alpha value is -2.61. The first-order valence-electron chi connectivity index (χ1n) is 8.82. The lowest BCUT2D eigenvalue weighted by Gasteiger charge is -2.05. The van der Waals surface area contributed by atoms with Gasteiger partial charge in [0, 0.05) is 28.7 Å². The zero-order valence-corrected chi connectivity index (χ0v) is 15.0. The molecule has 0 amide bonds. The van der Waals surface area contributed by atoms with Crippen LogP contribution in [0.15, 0.2) is 60.9 Å². The van der Waals surface area contributed by atoms with Crippen LogP contribution in [0.2, 0.25) is 0 Å². The molecule has 0 bridgehead atoms. The zero-order chi connectivity index (χ0) is 17.4. The van der Waals surface area contributed by atoms with Gasteiger partial charge in [0.15, 0.2) is 0 Å². The van der Waals surface area contributed by atoms with E-state index in [1.165, 1.54) is 27.2 Å². The van der Waals surface area contributed by atoms with E-state index >= 15 is 0 Å². The summed E-state index contributed by atoms with van der Waals surface area (Å²) >= 11 is 0. The molecule has 2 heteroatoms. The second kappa shape index (κ2) is 8.88. The molecule has 0 fully saturated rings.